The number of benzene rings is 1. The van der Waals surface area contributed by atoms with Crippen LogP contribution in [-0.4, -0.2) is 38.6 Å². The number of sulfone groups is 1. The third-order valence-corrected chi connectivity index (χ3v) is 4.92. The molecule has 1 amide bonds. The van der Waals surface area contributed by atoms with Gasteiger partial charge in [0.2, 0.25) is 0 Å². The smallest absolute Gasteiger partial charge is 0.254 e. The van der Waals surface area contributed by atoms with Gasteiger partial charge < -0.3 is 4.90 Å². The van der Waals surface area contributed by atoms with E-state index in [1.807, 2.05) is 11.8 Å². The Hall–Kier alpha value is -1.36. The van der Waals surface area contributed by atoms with Crippen LogP contribution in [0.25, 0.3) is 0 Å². The highest BCUT2D eigenvalue weighted by Gasteiger charge is 2.24. The summed E-state index contributed by atoms with van der Waals surface area (Å²) in [6.45, 7) is 5.49. The van der Waals surface area contributed by atoms with Gasteiger partial charge in [-0.25, -0.2) is 8.42 Å². The molecule has 0 saturated carbocycles. The Morgan fingerprint density at radius 1 is 1.35 bits per heavy atom. The molecule has 2 rings (SSSR count). The number of aryl methyl sites for hydroxylation is 1. The molecule has 0 unspecified atom stereocenters. The van der Waals surface area contributed by atoms with Gasteiger partial charge in [-0.1, -0.05) is 13.0 Å². The van der Waals surface area contributed by atoms with Gasteiger partial charge in [0.05, 0.1) is 4.90 Å². The van der Waals surface area contributed by atoms with E-state index < -0.39 is 9.84 Å². The SMILES string of the molecule is Cc1ccc(S(C)(=O)=O)cc1C(=O)N1CCC[C@@H](C)C1. The van der Waals surface area contributed by atoms with E-state index in [4.69, 9.17) is 0 Å². The molecule has 1 fully saturated rings. The second-order valence-electron chi connectivity index (χ2n) is 5.75. The fourth-order valence-corrected chi connectivity index (χ4v) is 3.25. The first-order valence-corrected chi connectivity index (χ1v) is 8.78. The van der Waals surface area contributed by atoms with Gasteiger partial charge in [0.1, 0.15) is 0 Å². The highest BCUT2D eigenvalue weighted by atomic mass is 32.2. The van der Waals surface area contributed by atoms with E-state index in [1.54, 1.807) is 12.1 Å². The molecule has 1 aliphatic rings. The van der Waals surface area contributed by atoms with E-state index in [0.717, 1.165) is 37.8 Å². The van der Waals surface area contributed by atoms with E-state index in [0.29, 0.717) is 11.5 Å². The number of rotatable bonds is 2. The van der Waals surface area contributed by atoms with E-state index in [2.05, 4.69) is 6.92 Å². The largest absolute Gasteiger partial charge is 0.338 e. The first-order valence-electron chi connectivity index (χ1n) is 6.89. The van der Waals surface area contributed by atoms with Gasteiger partial charge >= 0.3 is 0 Å². The minimum absolute atomic E-state index is 0.0560. The van der Waals surface area contributed by atoms with Crippen molar-refractivity contribution in [2.45, 2.75) is 31.6 Å². The van der Waals surface area contributed by atoms with Gasteiger partial charge in [0, 0.05) is 24.9 Å². The van der Waals surface area contributed by atoms with Gasteiger partial charge in [-0.3, -0.25) is 4.79 Å². The second kappa shape index (κ2) is 5.56. The number of hydrogen-bond donors (Lipinski definition) is 0. The molecule has 0 aliphatic carbocycles. The number of amides is 1. The summed E-state index contributed by atoms with van der Waals surface area (Å²) in [6, 6.07) is 4.77. The van der Waals surface area contributed by atoms with Crippen molar-refractivity contribution in [3.63, 3.8) is 0 Å². The lowest BCUT2D eigenvalue weighted by atomic mass is 9.99. The van der Waals surface area contributed by atoms with Crippen LogP contribution in [0.2, 0.25) is 0 Å². The molecule has 1 atom stereocenters. The Morgan fingerprint density at radius 2 is 2.05 bits per heavy atom. The fraction of sp³-hybridized carbons (Fsp3) is 0.533. The highest BCUT2D eigenvalue weighted by Crippen LogP contribution is 2.21. The molecule has 0 N–H and O–H groups in total. The van der Waals surface area contributed by atoms with Gasteiger partial charge in [0.15, 0.2) is 9.84 Å². The number of likely N-dealkylation sites (tertiary alicyclic amines) is 1. The molecule has 20 heavy (non-hydrogen) atoms. The number of carbonyl (C=O) groups is 1. The van der Waals surface area contributed by atoms with Crippen molar-refractivity contribution in [3.8, 4) is 0 Å². The lowest BCUT2D eigenvalue weighted by Gasteiger charge is -2.31. The maximum Gasteiger partial charge on any atom is 0.254 e. The van der Waals surface area contributed by atoms with Crippen LogP contribution in [0.15, 0.2) is 23.1 Å². The predicted octanol–water partition coefficient (Wildman–Crippen LogP) is 2.27. The summed E-state index contributed by atoms with van der Waals surface area (Å²) < 4.78 is 23.2. The van der Waals surface area contributed by atoms with Gasteiger partial charge in [0.25, 0.3) is 5.91 Å². The molecule has 0 radical (unpaired) electrons. The van der Waals surface area contributed by atoms with Crippen LogP contribution < -0.4 is 0 Å². The minimum Gasteiger partial charge on any atom is -0.338 e. The molecule has 1 aromatic rings. The van der Waals surface area contributed by atoms with Crippen molar-refractivity contribution in [1.82, 2.24) is 4.90 Å². The third-order valence-electron chi connectivity index (χ3n) is 3.81. The molecule has 5 heteroatoms. The van der Waals surface area contributed by atoms with Crippen LogP contribution in [0.4, 0.5) is 0 Å². The van der Waals surface area contributed by atoms with Crippen LogP contribution in [0.5, 0.6) is 0 Å². The van der Waals surface area contributed by atoms with Gasteiger partial charge in [-0.2, -0.15) is 0 Å². The van der Waals surface area contributed by atoms with Crippen molar-refractivity contribution in [2.24, 2.45) is 5.92 Å². The summed E-state index contributed by atoms with van der Waals surface area (Å²) in [4.78, 5) is 14.6. The highest BCUT2D eigenvalue weighted by molar-refractivity contribution is 7.90. The van der Waals surface area contributed by atoms with Crippen LogP contribution in [0.3, 0.4) is 0 Å². The van der Waals surface area contributed by atoms with E-state index in [1.165, 1.54) is 6.07 Å². The number of nitrogens with zero attached hydrogens (tertiary/aromatic N) is 1. The predicted molar refractivity (Wildman–Crippen MR) is 78.6 cm³/mol. The minimum atomic E-state index is -3.29. The second-order valence-corrected chi connectivity index (χ2v) is 7.76. The molecule has 1 saturated heterocycles. The Bertz CT molecular complexity index is 622. The van der Waals surface area contributed by atoms with Crippen molar-refractivity contribution in [1.29, 1.82) is 0 Å². The standard InChI is InChI=1S/C15H21NO3S/c1-11-5-4-8-16(10-11)15(17)14-9-13(20(3,18)19)7-6-12(14)2/h6-7,9,11H,4-5,8,10H2,1-3H3/t11-/m1/s1. The zero-order valence-corrected chi connectivity index (χ0v) is 13.0. The lowest BCUT2D eigenvalue weighted by molar-refractivity contribution is 0.0682. The van der Waals surface area contributed by atoms with Crippen molar-refractivity contribution in [3.05, 3.63) is 29.3 Å². The third kappa shape index (κ3) is 3.20. The summed E-state index contributed by atoms with van der Waals surface area (Å²) in [5.41, 5.74) is 1.32. The Labute approximate surface area is 120 Å². The molecule has 1 aromatic carbocycles. The molecule has 0 bridgehead atoms. The number of hydrogen-bond acceptors (Lipinski definition) is 3. The van der Waals surface area contributed by atoms with Crippen LogP contribution in [-0.2, 0) is 9.84 Å². The maximum absolute atomic E-state index is 12.6. The lowest BCUT2D eigenvalue weighted by Crippen LogP contribution is -2.39. The first-order chi connectivity index (χ1) is 9.29. The summed E-state index contributed by atoms with van der Waals surface area (Å²) in [6.07, 6.45) is 3.32. The van der Waals surface area contributed by atoms with Crippen molar-refractivity contribution < 1.29 is 13.2 Å². The average molecular weight is 295 g/mol. The topological polar surface area (TPSA) is 54.5 Å². The molecule has 4 nitrogen and oxygen atoms in total. The summed E-state index contributed by atoms with van der Waals surface area (Å²) >= 11 is 0. The zero-order chi connectivity index (χ0) is 14.9. The van der Waals surface area contributed by atoms with Crippen LogP contribution in [0, 0.1) is 12.8 Å². The summed E-state index contributed by atoms with van der Waals surface area (Å²) in [7, 11) is -3.29. The normalized spacial score (nSPS) is 19.9. The fourth-order valence-electron chi connectivity index (χ4n) is 2.61. The molecule has 1 heterocycles. The van der Waals surface area contributed by atoms with Gasteiger partial charge in [-0.15, -0.1) is 0 Å². The molecular formula is C15H21NO3S. The maximum atomic E-state index is 12.6. The van der Waals surface area contributed by atoms with E-state index in [-0.39, 0.29) is 10.8 Å². The van der Waals surface area contributed by atoms with Crippen molar-refractivity contribution >= 4 is 15.7 Å². The summed E-state index contributed by atoms with van der Waals surface area (Å²) in [5, 5.41) is 0. The summed E-state index contributed by atoms with van der Waals surface area (Å²) in [5.74, 6) is 0.450. The average Bonchev–Trinajstić information content (AvgIpc) is 2.37. The Morgan fingerprint density at radius 3 is 2.65 bits per heavy atom. The molecule has 0 spiro atoms. The molecule has 1 aliphatic heterocycles. The molecular weight excluding hydrogens is 274 g/mol. The number of piperidine rings is 1. The zero-order valence-electron chi connectivity index (χ0n) is 12.2. The first kappa shape index (κ1) is 15.0. The quantitative estimate of drug-likeness (QED) is 0.841. The number of carbonyl (C=O) groups excluding carboxylic acids is 1. The molecule has 0 aromatic heterocycles. The van der Waals surface area contributed by atoms with Gasteiger partial charge in [-0.05, 0) is 43.4 Å². The van der Waals surface area contributed by atoms with E-state index in [9.17, 15) is 13.2 Å². The molecule has 110 valence electrons. The Kier molecular flexibility index (Phi) is 4.18. The van der Waals surface area contributed by atoms with Crippen LogP contribution >= 0.6 is 0 Å². The monoisotopic (exact) mass is 295 g/mol. The van der Waals surface area contributed by atoms with Crippen molar-refractivity contribution in [2.75, 3.05) is 19.3 Å². The van der Waals surface area contributed by atoms with Crippen LogP contribution in [0.1, 0.15) is 35.7 Å². The Balaban J connectivity index is 2.34. The van der Waals surface area contributed by atoms with E-state index >= 15 is 0 Å².